The Kier molecular flexibility index (Phi) is 6.00. The van der Waals surface area contributed by atoms with E-state index in [2.05, 4.69) is 9.88 Å². The number of hydrogen-bond donors (Lipinski definition) is 1. The molecule has 29 heavy (non-hydrogen) atoms. The Bertz CT molecular complexity index is 910. The van der Waals surface area contributed by atoms with E-state index in [1.165, 1.54) is 0 Å². The first-order valence-electron chi connectivity index (χ1n) is 10.1. The zero-order valence-electron chi connectivity index (χ0n) is 16.8. The van der Waals surface area contributed by atoms with Crippen LogP contribution in [0.5, 0.6) is 11.5 Å². The van der Waals surface area contributed by atoms with Gasteiger partial charge in [-0.1, -0.05) is 18.2 Å². The molecule has 1 saturated heterocycles. The molecule has 0 aliphatic carbocycles. The van der Waals surface area contributed by atoms with Gasteiger partial charge in [-0.15, -0.1) is 0 Å². The number of H-pyrrole nitrogens is 1. The fourth-order valence-electron chi connectivity index (χ4n) is 3.68. The molecule has 0 spiro atoms. The Morgan fingerprint density at radius 1 is 1.00 bits per heavy atom. The minimum Gasteiger partial charge on any atom is -0.497 e. The zero-order valence-corrected chi connectivity index (χ0v) is 16.8. The van der Waals surface area contributed by atoms with Crippen molar-refractivity contribution < 1.29 is 14.3 Å². The number of piperazine rings is 1. The van der Waals surface area contributed by atoms with Crippen LogP contribution < -0.4 is 9.47 Å². The molecule has 152 valence electrons. The fourth-order valence-corrected chi connectivity index (χ4v) is 3.68. The lowest BCUT2D eigenvalue weighted by atomic mass is 10.2. The van der Waals surface area contributed by atoms with E-state index in [1.54, 1.807) is 7.11 Å². The van der Waals surface area contributed by atoms with Gasteiger partial charge in [-0.05, 0) is 42.8 Å². The molecule has 3 aromatic rings. The summed E-state index contributed by atoms with van der Waals surface area (Å²) in [5, 5.41) is 1.08. The van der Waals surface area contributed by atoms with E-state index in [9.17, 15) is 4.79 Å². The van der Waals surface area contributed by atoms with Crippen molar-refractivity contribution in [2.24, 2.45) is 0 Å². The first-order valence-corrected chi connectivity index (χ1v) is 10.1. The number of aromatic amines is 1. The molecule has 6 nitrogen and oxygen atoms in total. The Hall–Kier alpha value is -2.99. The van der Waals surface area contributed by atoms with Gasteiger partial charge in [0.2, 0.25) is 0 Å². The molecule has 1 N–H and O–H groups in total. The quantitative estimate of drug-likeness (QED) is 0.625. The van der Waals surface area contributed by atoms with Gasteiger partial charge in [0.15, 0.2) is 0 Å². The van der Waals surface area contributed by atoms with Crippen LogP contribution in [-0.2, 0) is 0 Å². The molecule has 4 rings (SSSR count). The van der Waals surface area contributed by atoms with Crippen molar-refractivity contribution in [1.82, 2.24) is 14.8 Å². The number of amides is 1. The number of benzene rings is 2. The number of aromatic nitrogens is 1. The van der Waals surface area contributed by atoms with E-state index in [4.69, 9.17) is 9.47 Å². The number of carbonyl (C=O) groups excluding carboxylic acids is 1. The molecule has 6 heteroatoms. The van der Waals surface area contributed by atoms with Crippen molar-refractivity contribution >= 4 is 16.8 Å². The van der Waals surface area contributed by atoms with Gasteiger partial charge in [0.25, 0.3) is 5.91 Å². The standard InChI is InChI=1S/C23H27N3O3/c1-28-19-7-9-20(10-8-19)29-16-4-11-25-12-14-26(15-13-25)23(27)22-17-18-5-2-3-6-21(18)24-22/h2-3,5-10,17,24H,4,11-16H2,1H3. The molecule has 1 aliphatic heterocycles. The molecule has 0 bridgehead atoms. The topological polar surface area (TPSA) is 57.8 Å². The highest BCUT2D eigenvalue weighted by Gasteiger charge is 2.23. The molecule has 1 aliphatic rings. The van der Waals surface area contributed by atoms with Gasteiger partial charge in [0.05, 0.1) is 13.7 Å². The lowest BCUT2D eigenvalue weighted by Gasteiger charge is -2.34. The highest BCUT2D eigenvalue weighted by atomic mass is 16.5. The molecule has 0 radical (unpaired) electrons. The summed E-state index contributed by atoms with van der Waals surface area (Å²) in [4.78, 5) is 20.4. The van der Waals surface area contributed by atoms with Gasteiger partial charge in [0, 0.05) is 43.6 Å². The number of fused-ring (bicyclic) bond motifs is 1. The number of methoxy groups -OCH3 is 1. The maximum absolute atomic E-state index is 12.8. The fraction of sp³-hybridized carbons (Fsp3) is 0.348. The average molecular weight is 393 g/mol. The van der Waals surface area contributed by atoms with E-state index >= 15 is 0 Å². The molecule has 1 amide bonds. The summed E-state index contributed by atoms with van der Waals surface area (Å²) in [5.74, 6) is 1.78. The van der Waals surface area contributed by atoms with Crippen molar-refractivity contribution in [3.05, 3.63) is 60.3 Å². The molecule has 0 atom stereocenters. The molecular weight excluding hydrogens is 366 g/mol. The van der Waals surface area contributed by atoms with Gasteiger partial charge < -0.3 is 19.4 Å². The number of nitrogens with one attached hydrogen (secondary N) is 1. The van der Waals surface area contributed by atoms with E-state index in [0.29, 0.717) is 12.3 Å². The summed E-state index contributed by atoms with van der Waals surface area (Å²) in [5.41, 5.74) is 1.68. The van der Waals surface area contributed by atoms with Crippen LogP contribution in [0, 0.1) is 0 Å². The summed E-state index contributed by atoms with van der Waals surface area (Å²) in [6.07, 6.45) is 0.960. The van der Waals surface area contributed by atoms with E-state index in [1.807, 2.05) is 59.5 Å². The highest BCUT2D eigenvalue weighted by Crippen LogP contribution is 2.18. The Labute approximate surface area is 171 Å². The molecule has 0 saturated carbocycles. The summed E-state index contributed by atoms with van der Waals surface area (Å²) in [7, 11) is 1.66. The summed E-state index contributed by atoms with van der Waals surface area (Å²) >= 11 is 0. The second kappa shape index (κ2) is 9.01. The van der Waals surface area contributed by atoms with Crippen LogP contribution >= 0.6 is 0 Å². The number of rotatable bonds is 7. The second-order valence-electron chi connectivity index (χ2n) is 7.28. The van der Waals surface area contributed by atoms with Crippen LogP contribution in [0.3, 0.4) is 0 Å². The average Bonchev–Trinajstić information content (AvgIpc) is 3.21. The minimum atomic E-state index is 0.0867. The second-order valence-corrected chi connectivity index (χ2v) is 7.28. The Morgan fingerprint density at radius 3 is 2.45 bits per heavy atom. The van der Waals surface area contributed by atoms with E-state index in [0.717, 1.165) is 61.5 Å². The molecule has 2 aromatic carbocycles. The van der Waals surface area contributed by atoms with Gasteiger partial charge in [-0.2, -0.15) is 0 Å². The maximum atomic E-state index is 12.8. The van der Waals surface area contributed by atoms with Crippen LogP contribution in [0.2, 0.25) is 0 Å². The monoisotopic (exact) mass is 393 g/mol. The number of para-hydroxylation sites is 1. The maximum Gasteiger partial charge on any atom is 0.270 e. The van der Waals surface area contributed by atoms with Gasteiger partial charge in [-0.3, -0.25) is 9.69 Å². The van der Waals surface area contributed by atoms with Crippen LogP contribution in [0.15, 0.2) is 54.6 Å². The normalized spacial score (nSPS) is 14.9. The first kappa shape index (κ1) is 19.3. The number of hydrogen-bond acceptors (Lipinski definition) is 4. The molecule has 0 unspecified atom stereocenters. The minimum absolute atomic E-state index is 0.0867. The SMILES string of the molecule is COc1ccc(OCCCN2CCN(C(=O)c3cc4ccccc4[nH]3)CC2)cc1. The first-order chi connectivity index (χ1) is 14.2. The third kappa shape index (κ3) is 4.71. The summed E-state index contributed by atoms with van der Waals surface area (Å²) in [6, 6.07) is 17.6. The third-order valence-corrected chi connectivity index (χ3v) is 5.37. The predicted octanol–water partition coefficient (Wildman–Crippen LogP) is 3.40. The van der Waals surface area contributed by atoms with Crippen LogP contribution in [0.25, 0.3) is 10.9 Å². The van der Waals surface area contributed by atoms with Crippen LogP contribution in [0.1, 0.15) is 16.9 Å². The molecular formula is C23H27N3O3. The Balaban J connectivity index is 1.19. The van der Waals surface area contributed by atoms with E-state index in [-0.39, 0.29) is 5.91 Å². The third-order valence-electron chi connectivity index (χ3n) is 5.37. The Morgan fingerprint density at radius 2 is 1.72 bits per heavy atom. The summed E-state index contributed by atoms with van der Waals surface area (Å²) in [6.45, 7) is 4.97. The van der Waals surface area contributed by atoms with Crippen molar-refractivity contribution in [2.45, 2.75) is 6.42 Å². The van der Waals surface area contributed by atoms with Crippen LogP contribution in [-0.4, -0.2) is 67.1 Å². The lowest BCUT2D eigenvalue weighted by molar-refractivity contribution is 0.0626. The van der Waals surface area contributed by atoms with Gasteiger partial charge in [0.1, 0.15) is 17.2 Å². The lowest BCUT2D eigenvalue weighted by Crippen LogP contribution is -2.49. The zero-order chi connectivity index (χ0) is 20.1. The number of ether oxygens (including phenoxy) is 2. The highest BCUT2D eigenvalue weighted by molar-refractivity contribution is 5.98. The number of carbonyl (C=O) groups is 1. The molecule has 2 heterocycles. The van der Waals surface area contributed by atoms with Gasteiger partial charge >= 0.3 is 0 Å². The predicted molar refractivity (Wildman–Crippen MR) is 114 cm³/mol. The van der Waals surface area contributed by atoms with Crippen molar-refractivity contribution in [1.29, 1.82) is 0 Å². The number of nitrogens with zero attached hydrogens (tertiary/aromatic N) is 2. The van der Waals surface area contributed by atoms with Gasteiger partial charge in [-0.25, -0.2) is 0 Å². The van der Waals surface area contributed by atoms with Crippen molar-refractivity contribution in [2.75, 3.05) is 46.4 Å². The summed E-state index contributed by atoms with van der Waals surface area (Å²) < 4.78 is 10.9. The smallest absolute Gasteiger partial charge is 0.270 e. The van der Waals surface area contributed by atoms with Crippen molar-refractivity contribution in [3.63, 3.8) is 0 Å². The molecule has 1 aromatic heterocycles. The molecule has 1 fully saturated rings. The van der Waals surface area contributed by atoms with Crippen molar-refractivity contribution in [3.8, 4) is 11.5 Å². The van der Waals surface area contributed by atoms with Crippen LogP contribution in [0.4, 0.5) is 0 Å². The van der Waals surface area contributed by atoms with E-state index < -0.39 is 0 Å². The largest absolute Gasteiger partial charge is 0.497 e.